The summed E-state index contributed by atoms with van der Waals surface area (Å²) in [4.78, 5) is 11.5. The summed E-state index contributed by atoms with van der Waals surface area (Å²) < 4.78 is 25.3. The molecule has 27 heavy (non-hydrogen) atoms. The zero-order valence-electron chi connectivity index (χ0n) is 16.8. The maximum absolute atomic E-state index is 11.5. The molecular formula is C21H32O5Si. The van der Waals surface area contributed by atoms with E-state index in [1.807, 2.05) is 37.3 Å². The van der Waals surface area contributed by atoms with Crippen LogP contribution in [-0.2, 0) is 23.4 Å². The number of hydrogen-bond donors (Lipinski definition) is 0. The fourth-order valence-corrected chi connectivity index (χ4v) is 6.97. The molecule has 0 bridgehead atoms. The molecule has 1 aromatic carbocycles. The number of rotatable bonds is 8. The number of ether oxygens (including phenoxy) is 3. The van der Waals surface area contributed by atoms with Gasteiger partial charge in [0.05, 0.1) is 12.7 Å². The molecule has 0 aromatic heterocycles. The average molecular weight is 393 g/mol. The molecule has 2 aliphatic heterocycles. The third kappa shape index (κ3) is 4.20. The van der Waals surface area contributed by atoms with Gasteiger partial charge in [0.15, 0.2) is 14.6 Å². The van der Waals surface area contributed by atoms with Crippen LogP contribution in [0.25, 0.3) is 0 Å². The number of aldehydes is 1. The van der Waals surface area contributed by atoms with Crippen molar-refractivity contribution in [2.45, 2.75) is 76.5 Å². The standard InChI is InChI=1S/C21H32O5Si/c1-5-27(6-2,7-3)26-20-18(15(4)13-22)24-17-14-23-21(25-19(17)20)16-11-9-8-10-12-16/h8-13,15,17-21H,5-7,14H2,1-4H3/t15-,17-,18+,19+,20-,21+/m1/s1. The summed E-state index contributed by atoms with van der Waals surface area (Å²) in [6.07, 6.45) is -0.383. The molecule has 0 amide bonds. The molecule has 3 rings (SSSR count). The fourth-order valence-electron chi connectivity index (χ4n) is 4.13. The molecule has 2 saturated heterocycles. The highest BCUT2D eigenvalue weighted by Crippen LogP contribution is 2.40. The van der Waals surface area contributed by atoms with Gasteiger partial charge in [0, 0.05) is 11.5 Å². The van der Waals surface area contributed by atoms with E-state index in [4.69, 9.17) is 18.6 Å². The summed E-state index contributed by atoms with van der Waals surface area (Å²) in [6.45, 7) is 8.98. The van der Waals surface area contributed by atoms with Gasteiger partial charge in [-0.25, -0.2) is 0 Å². The second-order valence-electron chi connectivity index (χ2n) is 7.64. The predicted molar refractivity (Wildman–Crippen MR) is 106 cm³/mol. The maximum atomic E-state index is 11.5. The second-order valence-corrected chi connectivity index (χ2v) is 12.4. The lowest BCUT2D eigenvalue weighted by Crippen LogP contribution is -2.51. The summed E-state index contributed by atoms with van der Waals surface area (Å²) in [5.41, 5.74) is 0.992. The van der Waals surface area contributed by atoms with Crippen LogP contribution >= 0.6 is 0 Å². The second kappa shape index (κ2) is 8.96. The van der Waals surface area contributed by atoms with Crippen molar-refractivity contribution in [1.29, 1.82) is 0 Å². The van der Waals surface area contributed by atoms with Crippen LogP contribution < -0.4 is 0 Å². The van der Waals surface area contributed by atoms with Crippen molar-refractivity contribution < 1.29 is 23.4 Å². The first-order valence-corrected chi connectivity index (χ1v) is 12.7. The molecule has 5 nitrogen and oxygen atoms in total. The lowest BCUT2D eigenvalue weighted by Gasteiger charge is -2.38. The number of benzene rings is 1. The van der Waals surface area contributed by atoms with Gasteiger partial charge in [-0.3, -0.25) is 0 Å². The summed E-state index contributed by atoms with van der Waals surface area (Å²) in [6, 6.07) is 13.1. The Labute approximate surface area is 163 Å². The van der Waals surface area contributed by atoms with Crippen molar-refractivity contribution in [3.8, 4) is 0 Å². The summed E-state index contributed by atoms with van der Waals surface area (Å²) >= 11 is 0. The summed E-state index contributed by atoms with van der Waals surface area (Å²) in [7, 11) is -1.88. The first kappa shape index (κ1) is 20.7. The Hall–Kier alpha value is -1.05. The van der Waals surface area contributed by atoms with Gasteiger partial charge in [0.1, 0.15) is 24.6 Å². The van der Waals surface area contributed by atoms with Gasteiger partial charge < -0.3 is 23.4 Å². The Morgan fingerprint density at radius 1 is 1.15 bits per heavy atom. The van der Waals surface area contributed by atoms with Gasteiger partial charge in [-0.1, -0.05) is 58.0 Å². The topological polar surface area (TPSA) is 54.0 Å². The van der Waals surface area contributed by atoms with E-state index in [0.717, 1.165) is 30.0 Å². The van der Waals surface area contributed by atoms with Crippen LogP contribution in [0.5, 0.6) is 0 Å². The number of carbonyl (C=O) groups excluding carboxylic acids is 1. The van der Waals surface area contributed by atoms with Crippen molar-refractivity contribution in [2.75, 3.05) is 6.61 Å². The molecule has 0 N–H and O–H groups in total. The lowest BCUT2D eigenvalue weighted by atomic mass is 9.98. The van der Waals surface area contributed by atoms with E-state index in [2.05, 4.69) is 20.8 Å². The quantitative estimate of drug-likeness (QED) is 0.493. The van der Waals surface area contributed by atoms with Crippen LogP contribution in [0.2, 0.25) is 18.1 Å². The summed E-state index contributed by atoms with van der Waals surface area (Å²) in [5, 5.41) is 0. The average Bonchev–Trinajstić information content (AvgIpc) is 3.09. The summed E-state index contributed by atoms with van der Waals surface area (Å²) in [5.74, 6) is -0.239. The first-order chi connectivity index (χ1) is 13.1. The zero-order valence-corrected chi connectivity index (χ0v) is 17.8. The van der Waals surface area contributed by atoms with Crippen molar-refractivity contribution in [3.63, 3.8) is 0 Å². The SMILES string of the molecule is CC[Si](CC)(CC)O[C@@H]1[C@H]([C@H](C)C=O)O[C@@H]2CO[C@H](c3ccccc3)O[C@H]12. The fraction of sp³-hybridized carbons (Fsp3) is 0.667. The van der Waals surface area contributed by atoms with E-state index in [9.17, 15) is 4.79 Å². The third-order valence-electron chi connectivity index (χ3n) is 6.16. The Morgan fingerprint density at radius 3 is 2.41 bits per heavy atom. The molecule has 0 unspecified atom stereocenters. The minimum atomic E-state index is -1.88. The Balaban J connectivity index is 1.85. The van der Waals surface area contributed by atoms with Crippen LogP contribution in [0.4, 0.5) is 0 Å². The third-order valence-corrected chi connectivity index (χ3v) is 10.8. The molecule has 0 radical (unpaired) electrons. The van der Waals surface area contributed by atoms with Crippen LogP contribution in [-0.4, -0.2) is 45.6 Å². The Kier molecular flexibility index (Phi) is 6.86. The van der Waals surface area contributed by atoms with E-state index in [1.165, 1.54) is 0 Å². The van der Waals surface area contributed by atoms with Gasteiger partial charge in [0.25, 0.3) is 0 Å². The van der Waals surface area contributed by atoms with Gasteiger partial charge >= 0.3 is 0 Å². The smallest absolute Gasteiger partial charge is 0.192 e. The van der Waals surface area contributed by atoms with Crippen molar-refractivity contribution in [3.05, 3.63) is 35.9 Å². The van der Waals surface area contributed by atoms with Crippen LogP contribution in [0.1, 0.15) is 39.5 Å². The van der Waals surface area contributed by atoms with Crippen molar-refractivity contribution in [1.82, 2.24) is 0 Å². The molecule has 0 spiro atoms. The van der Waals surface area contributed by atoms with E-state index in [1.54, 1.807) is 0 Å². The number of carbonyl (C=O) groups is 1. The van der Waals surface area contributed by atoms with Gasteiger partial charge in [-0.15, -0.1) is 0 Å². The monoisotopic (exact) mass is 392 g/mol. The van der Waals surface area contributed by atoms with Gasteiger partial charge in [-0.2, -0.15) is 0 Å². The van der Waals surface area contributed by atoms with Crippen LogP contribution in [0.15, 0.2) is 30.3 Å². The minimum absolute atomic E-state index is 0.195. The Bertz CT molecular complexity index is 598. The van der Waals surface area contributed by atoms with E-state index in [0.29, 0.717) is 6.61 Å². The zero-order chi connectivity index (χ0) is 19.4. The Morgan fingerprint density at radius 2 is 1.81 bits per heavy atom. The predicted octanol–water partition coefficient (Wildman–Crippen LogP) is 4.09. The minimum Gasteiger partial charge on any atom is -0.408 e. The molecular weight excluding hydrogens is 360 g/mol. The largest absolute Gasteiger partial charge is 0.408 e. The number of hydrogen-bond acceptors (Lipinski definition) is 5. The highest BCUT2D eigenvalue weighted by molar-refractivity contribution is 6.73. The highest BCUT2D eigenvalue weighted by Gasteiger charge is 2.53. The molecule has 2 aliphatic rings. The van der Waals surface area contributed by atoms with Crippen LogP contribution in [0.3, 0.4) is 0 Å². The van der Waals surface area contributed by atoms with E-state index < -0.39 is 14.6 Å². The highest BCUT2D eigenvalue weighted by atomic mass is 28.4. The molecule has 6 atom stereocenters. The normalized spacial score (nSPS) is 32.1. The van der Waals surface area contributed by atoms with Crippen molar-refractivity contribution >= 4 is 14.6 Å². The molecule has 2 fully saturated rings. The molecule has 2 heterocycles. The van der Waals surface area contributed by atoms with E-state index in [-0.39, 0.29) is 30.3 Å². The van der Waals surface area contributed by atoms with E-state index >= 15 is 0 Å². The first-order valence-electron chi connectivity index (χ1n) is 10.2. The molecule has 1 aromatic rings. The molecule has 0 aliphatic carbocycles. The van der Waals surface area contributed by atoms with Crippen LogP contribution in [0, 0.1) is 5.92 Å². The van der Waals surface area contributed by atoms with Gasteiger partial charge in [0.2, 0.25) is 0 Å². The number of fused-ring (bicyclic) bond motifs is 1. The van der Waals surface area contributed by atoms with Gasteiger partial charge in [-0.05, 0) is 18.1 Å². The molecule has 0 saturated carbocycles. The van der Waals surface area contributed by atoms with Crippen molar-refractivity contribution in [2.24, 2.45) is 5.92 Å². The maximum Gasteiger partial charge on any atom is 0.192 e. The molecule has 6 heteroatoms. The lowest BCUT2D eigenvalue weighted by molar-refractivity contribution is -0.251. The molecule has 150 valence electrons.